The van der Waals surface area contributed by atoms with E-state index in [9.17, 15) is 5.11 Å². The summed E-state index contributed by atoms with van der Waals surface area (Å²) in [6.45, 7) is 8.98. The first-order valence-corrected chi connectivity index (χ1v) is 8.17. The van der Waals surface area contributed by atoms with E-state index in [2.05, 4.69) is 32.6 Å². The van der Waals surface area contributed by atoms with E-state index >= 15 is 0 Å². The molecule has 1 fully saturated rings. The molecule has 2 aliphatic heterocycles. The van der Waals surface area contributed by atoms with Gasteiger partial charge in [-0.3, -0.25) is 4.90 Å². The van der Waals surface area contributed by atoms with E-state index in [-0.39, 0.29) is 11.4 Å². The molecule has 0 aromatic heterocycles. The van der Waals surface area contributed by atoms with Crippen LogP contribution in [0.3, 0.4) is 0 Å². The largest absolute Gasteiger partial charge is 0.508 e. The summed E-state index contributed by atoms with van der Waals surface area (Å²) in [5.74, 6) is 1.13. The number of piperidine rings is 1. The first-order valence-electron chi connectivity index (χ1n) is 8.17. The molecule has 1 unspecified atom stereocenters. The Morgan fingerprint density at radius 3 is 2.52 bits per heavy atom. The van der Waals surface area contributed by atoms with Gasteiger partial charge in [0, 0.05) is 36.2 Å². The summed E-state index contributed by atoms with van der Waals surface area (Å²) < 4.78 is 6.10. The summed E-state index contributed by atoms with van der Waals surface area (Å²) in [5, 5.41) is 9.77. The lowest BCUT2D eigenvalue weighted by atomic mass is 9.84. The lowest BCUT2D eigenvalue weighted by Crippen LogP contribution is -2.50. The summed E-state index contributed by atoms with van der Waals surface area (Å²) in [6.07, 6.45) is 4.87. The maximum Gasteiger partial charge on any atom is 0.128 e. The Labute approximate surface area is 127 Å². The van der Waals surface area contributed by atoms with Crippen LogP contribution in [0.1, 0.15) is 65.0 Å². The third kappa shape index (κ3) is 2.76. The summed E-state index contributed by atoms with van der Waals surface area (Å²) in [7, 11) is 0. The summed E-state index contributed by atoms with van der Waals surface area (Å²) in [6, 6.07) is 7.19. The van der Waals surface area contributed by atoms with Gasteiger partial charge in [-0.25, -0.2) is 0 Å². The molecule has 1 aromatic rings. The van der Waals surface area contributed by atoms with E-state index < -0.39 is 0 Å². The van der Waals surface area contributed by atoms with Crippen LogP contribution in [0.2, 0.25) is 0 Å². The molecule has 1 saturated heterocycles. The second-order valence-corrected chi connectivity index (χ2v) is 7.38. The smallest absolute Gasteiger partial charge is 0.128 e. The molecule has 0 amide bonds. The van der Waals surface area contributed by atoms with Crippen LogP contribution < -0.4 is 4.74 Å². The van der Waals surface area contributed by atoms with Crippen molar-refractivity contribution in [3.05, 3.63) is 23.8 Å². The number of nitrogens with zero attached hydrogens (tertiary/aromatic N) is 1. The molecule has 2 aliphatic rings. The van der Waals surface area contributed by atoms with Crippen molar-refractivity contribution in [1.82, 2.24) is 4.90 Å². The molecule has 2 heterocycles. The molecule has 1 N–H and O–H groups in total. The van der Waals surface area contributed by atoms with Crippen LogP contribution >= 0.6 is 0 Å². The third-order valence-corrected chi connectivity index (χ3v) is 5.05. The van der Waals surface area contributed by atoms with Crippen molar-refractivity contribution in [3.8, 4) is 11.5 Å². The Bertz CT molecular complexity index is 516. The molecule has 3 atom stereocenters. The van der Waals surface area contributed by atoms with Crippen LogP contribution in [-0.4, -0.2) is 27.7 Å². The fourth-order valence-corrected chi connectivity index (χ4v) is 4.12. The minimum absolute atomic E-state index is 0.192. The first kappa shape index (κ1) is 14.7. The molecule has 21 heavy (non-hydrogen) atoms. The Kier molecular flexibility index (Phi) is 3.64. The molecule has 0 spiro atoms. The van der Waals surface area contributed by atoms with Gasteiger partial charge in [0.25, 0.3) is 0 Å². The molecule has 0 aliphatic carbocycles. The van der Waals surface area contributed by atoms with Crippen LogP contribution in [-0.2, 0) is 0 Å². The molecule has 116 valence electrons. The lowest BCUT2D eigenvalue weighted by molar-refractivity contribution is -0.0145. The highest BCUT2D eigenvalue weighted by Gasteiger charge is 2.40. The molecular formula is C18H27NO2. The second-order valence-electron chi connectivity index (χ2n) is 7.38. The number of benzene rings is 1. The number of likely N-dealkylation sites (tertiary alicyclic amines) is 1. The van der Waals surface area contributed by atoms with Gasteiger partial charge in [0.1, 0.15) is 17.1 Å². The minimum Gasteiger partial charge on any atom is -0.508 e. The number of fused-ring (bicyclic) bond motifs is 1. The molecule has 3 rings (SSSR count). The Hall–Kier alpha value is -1.22. The third-order valence-electron chi connectivity index (χ3n) is 5.05. The van der Waals surface area contributed by atoms with Gasteiger partial charge >= 0.3 is 0 Å². The lowest BCUT2D eigenvalue weighted by Gasteiger charge is -2.49. The van der Waals surface area contributed by atoms with Crippen LogP contribution in [0.4, 0.5) is 0 Å². The summed E-state index contributed by atoms with van der Waals surface area (Å²) in [4.78, 5) is 2.67. The van der Waals surface area contributed by atoms with E-state index in [0.29, 0.717) is 18.1 Å². The minimum atomic E-state index is -0.192. The Morgan fingerprint density at radius 1 is 1.19 bits per heavy atom. The molecule has 0 bridgehead atoms. The maximum absolute atomic E-state index is 9.77. The van der Waals surface area contributed by atoms with Crippen molar-refractivity contribution in [2.45, 2.75) is 77.1 Å². The SMILES string of the molecule is C[C@@H]1CCC[C@H](C)N1C1CC(C)(C)Oc2cc(O)ccc21. The second kappa shape index (κ2) is 5.20. The van der Waals surface area contributed by atoms with Gasteiger partial charge in [-0.1, -0.05) is 12.5 Å². The zero-order chi connectivity index (χ0) is 15.2. The van der Waals surface area contributed by atoms with Gasteiger partial charge in [-0.15, -0.1) is 0 Å². The van der Waals surface area contributed by atoms with Gasteiger partial charge in [0.2, 0.25) is 0 Å². The van der Waals surface area contributed by atoms with E-state index in [1.165, 1.54) is 24.8 Å². The molecule has 1 aromatic carbocycles. The van der Waals surface area contributed by atoms with Crippen molar-refractivity contribution >= 4 is 0 Å². The molecule has 0 radical (unpaired) electrons. The zero-order valence-corrected chi connectivity index (χ0v) is 13.6. The number of phenolic OH excluding ortho intramolecular Hbond substituents is 1. The number of hydrogen-bond acceptors (Lipinski definition) is 3. The molecular weight excluding hydrogens is 262 g/mol. The van der Waals surface area contributed by atoms with Crippen LogP contribution in [0.5, 0.6) is 11.5 Å². The van der Waals surface area contributed by atoms with Crippen molar-refractivity contribution in [3.63, 3.8) is 0 Å². The van der Waals surface area contributed by atoms with Crippen molar-refractivity contribution in [1.29, 1.82) is 0 Å². The highest BCUT2D eigenvalue weighted by Crippen LogP contribution is 2.46. The summed E-state index contributed by atoms with van der Waals surface area (Å²) in [5.41, 5.74) is 1.04. The van der Waals surface area contributed by atoms with Crippen LogP contribution in [0.25, 0.3) is 0 Å². The predicted molar refractivity (Wildman–Crippen MR) is 84.8 cm³/mol. The number of aromatic hydroxyl groups is 1. The Morgan fingerprint density at radius 2 is 1.86 bits per heavy atom. The number of rotatable bonds is 1. The standard InChI is InChI=1S/C18H27NO2/c1-12-6-5-7-13(2)19(12)16-11-18(3,4)21-17-10-14(20)8-9-15(16)17/h8-10,12-13,16,20H,5-7,11H2,1-4H3/t12-,13+,16?. The van der Waals surface area contributed by atoms with Crippen molar-refractivity contribution in [2.75, 3.05) is 0 Å². The Balaban J connectivity index is 2.01. The fraction of sp³-hybridized carbons (Fsp3) is 0.667. The van der Waals surface area contributed by atoms with Crippen molar-refractivity contribution < 1.29 is 9.84 Å². The van der Waals surface area contributed by atoms with Gasteiger partial charge in [-0.05, 0) is 46.6 Å². The van der Waals surface area contributed by atoms with Crippen LogP contribution in [0, 0.1) is 0 Å². The quantitative estimate of drug-likeness (QED) is 0.838. The highest BCUT2D eigenvalue weighted by molar-refractivity contribution is 5.44. The van der Waals surface area contributed by atoms with Crippen molar-refractivity contribution in [2.24, 2.45) is 0 Å². The topological polar surface area (TPSA) is 32.7 Å². The van der Waals surface area contributed by atoms with Gasteiger partial charge < -0.3 is 9.84 Å². The average molecular weight is 289 g/mol. The van der Waals surface area contributed by atoms with Crippen LogP contribution in [0.15, 0.2) is 18.2 Å². The monoisotopic (exact) mass is 289 g/mol. The van der Waals surface area contributed by atoms with E-state index in [0.717, 1.165) is 12.2 Å². The van der Waals surface area contributed by atoms with Gasteiger partial charge in [-0.2, -0.15) is 0 Å². The fourth-order valence-electron chi connectivity index (χ4n) is 4.12. The maximum atomic E-state index is 9.77. The molecule has 0 saturated carbocycles. The first-order chi connectivity index (χ1) is 9.87. The number of ether oxygens (including phenoxy) is 1. The molecule has 3 nitrogen and oxygen atoms in total. The van der Waals surface area contributed by atoms with Gasteiger partial charge in [0.05, 0.1) is 0 Å². The van der Waals surface area contributed by atoms with E-state index in [1.54, 1.807) is 12.1 Å². The molecule has 3 heteroatoms. The number of hydrogen-bond donors (Lipinski definition) is 1. The van der Waals surface area contributed by atoms with E-state index in [1.807, 2.05) is 6.07 Å². The highest BCUT2D eigenvalue weighted by atomic mass is 16.5. The van der Waals surface area contributed by atoms with Gasteiger partial charge in [0.15, 0.2) is 0 Å². The number of phenols is 1. The predicted octanol–water partition coefficient (Wildman–Crippen LogP) is 4.26. The average Bonchev–Trinajstić information content (AvgIpc) is 2.36. The summed E-state index contributed by atoms with van der Waals surface area (Å²) >= 11 is 0. The zero-order valence-electron chi connectivity index (χ0n) is 13.6. The van der Waals surface area contributed by atoms with E-state index in [4.69, 9.17) is 4.74 Å². The normalized spacial score (nSPS) is 32.3.